The third-order valence-electron chi connectivity index (χ3n) is 1.15. The molecular weight excluding hydrogens is 154 g/mol. The normalized spacial score (nSPS) is 13.8. The van der Waals surface area contributed by atoms with Crippen LogP contribution in [0.5, 0.6) is 0 Å². The lowest BCUT2D eigenvalue weighted by molar-refractivity contribution is 1.18. The molecular formula is C9H11NS. The number of nitrogens with zero attached hydrogens (tertiary/aromatic N) is 1. The van der Waals surface area contributed by atoms with Crippen LogP contribution >= 0.6 is 11.8 Å². The maximum Gasteiger partial charge on any atom is 0.0542 e. The molecule has 1 aliphatic rings. The SMILES string of the molecule is C1=NCCS1.c1ccccc1. The van der Waals surface area contributed by atoms with E-state index < -0.39 is 0 Å². The van der Waals surface area contributed by atoms with Gasteiger partial charge in [-0.15, -0.1) is 11.8 Å². The zero-order chi connectivity index (χ0) is 7.78. The summed E-state index contributed by atoms with van der Waals surface area (Å²) in [5.41, 5.74) is 1.90. The molecule has 0 bridgehead atoms. The standard InChI is InChI=1S/C6H6.C3H5NS/c1-2-4-6-5-3-1;1-2-5-3-4-1/h1-6H;3H,1-2H2. The highest BCUT2D eigenvalue weighted by Crippen LogP contribution is 1.99. The molecule has 0 aliphatic carbocycles. The molecule has 1 aromatic rings. The Hall–Kier alpha value is -0.760. The average molecular weight is 165 g/mol. The van der Waals surface area contributed by atoms with Crippen LogP contribution in [0.3, 0.4) is 0 Å². The van der Waals surface area contributed by atoms with E-state index in [0.29, 0.717) is 0 Å². The van der Waals surface area contributed by atoms with Gasteiger partial charge in [0.25, 0.3) is 0 Å². The smallest absolute Gasteiger partial charge is 0.0542 e. The second-order valence-corrected chi connectivity index (χ2v) is 2.99. The second kappa shape index (κ2) is 5.98. The van der Waals surface area contributed by atoms with E-state index in [-0.39, 0.29) is 0 Å². The Morgan fingerprint density at radius 1 is 0.909 bits per heavy atom. The van der Waals surface area contributed by atoms with Crippen LogP contribution < -0.4 is 0 Å². The van der Waals surface area contributed by atoms with Gasteiger partial charge in [0.1, 0.15) is 0 Å². The summed E-state index contributed by atoms with van der Waals surface area (Å²) < 4.78 is 0. The van der Waals surface area contributed by atoms with Crippen molar-refractivity contribution in [1.82, 2.24) is 0 Å². The fourth-order valence-corrected chi connectivity index (χ4v) is 1.18. The highest BCUT2D eigenvalue weighted by atomic mass is 32.2. The fourth-order valence-electron chi connectivity index (χ4n) is 0.648. The van der Waals surface area contributed by atoms with Crippen molar-refractivity contribution < 1.29 is 0 Å². The Morgan fingerprint density at radius 2 is 1.45 bits per heavy atom. The van der Waals surface area contributed by atoms with Crippen molar-refractivity contribution in [1.29, 1.82) is 0 Å². The van der Waals surface area contributed by atoms with Gasteiger partial charge in [0.05, 0.1) is 5.55 Å². The summed E-state index contributed by atoms with van der Waals surface area (Å²) in [6, 6.07) is 12.0. The lowest BCUT2D eigenvalue weighted by Crippen LogP contribution is -1.69. The van der Waals surface area contributed by atoms with Gasteiger partial charge < -0.3 is 0 Å². The Bertz CT molecular complexity index is 163. The monoisotopic (exact) mass is 165 g/mol. The molecule has 0 saturated heterocycles. The predicted octanol–water partition coefficient (Wildman–Crippen LogP) is 2.45. The van der Waals surface area contributed by atoms with Crippen LogP contribution in [-0.2, 0) is 0 Å². The third kappa shape index (κ3) is 4.62. The van der Waals surface area contributed by atoms with Crippen molar-refractivity contribution in [2.24, 2.45) is 4.99 Å². The van der Waals surface area contributed by atoms with E-state index in [1.165, 1.54) is 5.75 Å². The lowest BCUT2D eigenvalue weighted by Gasteiger charge is -1.69. The first kappa shape index (κ1) is 8.34. The van der Waals surface area contributed by atoms with Gasteiger partial charge in [0.2, 0.25) is 0 Å². The molecule has 1 nitrogen and oxygen atoms in total. The molecule has 11 heavy (non-hydrogen) atoms. The lowest BCUT2D eigenvalue weighted by atomic mass is 10.4. The Kier molecular flexibility index (Phi) is 4.54. The molecule has 0 aromatic heterocycles. The van der Waals surface area contributed by atoms with E-state index in [1.807, 2.05) is 41.9 Å². The number of rotatable bonds is 0. The van der Waals surface area contributed by atoms with Crippen molar-refractivity contribution in [3.8, 4) is 0 Å². The number of hydrogen-bond acceptors (Lipinski definition) is 2. The minimum atomic E-state index is 1.03. The minimum absolute atomic E-state index is 1.03. The molecule has 58 valence electrons. The number of thioether (sulfide) groups is 1. The molecule has 1 aromatic carbocycles. The highest BCUT2D eigenvalue weighted by molar-refractivity contribution is 8.12. The van der Waals surface area contributed by atoms with Crippen LogP contribution in [0.1, 0.15) is 0 Å². The van der Waals surface area contributed by atoms with E-state index in [0.717, 1.165) is 6.54 Å². The summed E-state index contributed by atoms with van der Waals surface area (Å²) in [5, 5.41) is 0. The molecule has 1 aliphatic heterocycles. The number of aliphatic imine (C=N–C) groups is 1. The summed E-state index contributed by atoms with van der Waals surface area (Å²) in [6.07, 6.45) is 0. The van der Waals surface area contributed by atoms with Crippen LogP contribution in [0.4, 0.5) is 0 Å². The molecule has 0 atom stereocenters. The van der Waals surface area contributed by atoms with Crippen LogP contribution in [0.2, 0.25) is 0 Å². The first-order chi connectivity index (χ1) is 5.50. The van der Waals surface area contributed by atoms with E-state index in [1.54, 1.807) is 11.8 Å². The van der Waals surface area contributed by atoms with E-state index in [9.17, 15) is 0 Å². The summed E-state index contributed by atoms with van der Waals surface area (Å²) in [4.78, 5) is 3.92. The largest absolute Gasteiger partial charge is 0.285 e. The molecule has 2 rings (SSSR count). The van der Waals surface area contributed by atoms with Crippen molar-refractivity contribution in [2.75, 3.05) is 12.3 Å². The van der Waals surface area contributed by atoms with Gasteiger partial charge >= 0.3 is 0 Å². The van der Waals surface area contributed by atoms with Crippen molar-refractivity contribution in [2.45, 2.75) is 0 Å². The number of benzene rings is 1. The molecule has 0 fully saturated rings. The summed E-state index contributed by atoms with van der Waals surface area (Å²) in [6.45, 7) is 1.03. The van der Waals surface area contributed by atoms with Gasteiger partial charge in [-0.3, -0.25) is 4.99 Å². The molecule has 0 amide bonds. The van der Waals surface area contributed by atoms with Crippen LogP contribution in [0.25, 0.3) is 0 Å². The molecule has 0 radical (unpaired) electrons. The van der Waals surface area contributed by atoms with Crippen LogP contribution in [0.15, 0.2) is 41.4 Å². The Morgan fingerprint density at radius 3 is 1.64 bits per heavy atom. The van der Waals surface area contributed by atoms with Gasteiger partial charge in [0.15, 0.2) is 0 Å². The molecule has 1 heterocycles. The topological polar surface area (TPSA) is 12.4 Å². The molecule has 0 unspecified atom stereocenters. The maximum atomic E-state index is 3.92. The second-order valence-electron chi connectivity index (χ2n) is 2.04. The van der Waals surface area contributed by atoms with E-state index >= 15 is 0 Å². The summed E-state index contributed by atoms with van der Waals surface area (Å²) >= 11 is 1.78. The number of hydrogen-bond donors (Lipinski definition) is 0. The molecule has 0 N–H and O–H groups in total. The molecule has 2 heteroatoms. The van der Waals surface area contributed by atoms with E-state index in [2.05, 4.69) is 4.99 Å². The molecule has 0 spiro atoms. The first-order valence-electron chi connectivity index (χ1n) is 3.60. The van der Waals surface area contributed by atoms with Crippen molar-refractivity contribution >= 4 is 17.3 Å². The first-order valence-corrected chi connectivity index (χ1v) is 4.65. The zero-order valence-electron chi connectivity index (χ0n) is 6.31. The fraction of sp³-hybridized carbons (Fsp3) is 0.222. The van der Waals surface area contributed by atoms with Crippen molar-refractivity contribution in [3.05, 3.63) is 36.4 Å². The Labute approximate surface area is 71.5 Å². The average Bonchev–Trinajstić information content (AvgIpc) is 2.64. The van der Waals surface area contributed by atoms with Crippen LogP contribution in [-0.4, -0.2) is 17.8 Å². The summed E-state index contributed by atoms with van der Waals surface area (Å²) in [5.74, 6) is 1.19. The Balaban J connectivity index is 0.000000112. The zero-order valence-corrected chi connectivity index (χ0v) is 7.13. The highest BCUT2D eigenvalue weighted by Gasteiger charge is 1.86. The van der Waals surface area contributed by atoms with Gasteiger partial charge in [-0.1, -0.05) is 36.4 Å². The third-order valence-corrected chi connectivity index (χ3v) is 1.87. The van der Waals surface area contributed by atoms with Gasteiger partial charge in [-0.05, 0) is 0 Å². The quantitative estimate of drug-likeness (QED) is 0.575. The van der Waals surface area contributed by atoms with Gasteiger partial charge in [-0.25, -0.2) is 0 Å². The maximum absolute atomic E-state index is 3.92. The van der Waals surface area contributed by atoms with Crippen molar-refractivity contribution in [3.63, 3.8) is 0 Å². The van der Waals surface area contributed by atoms with Crippen LogP contribution in [0, 0.1) is 0 Å². The summed E-state index contributed by atoms with van der Waals surface area (Å²) in [7, 11) is 0. The van der Waals surface area contributed by atoms with E-state index in [4.69, 9.17) is 0 Å². The molecule has 0 saturated carbocycles. The minimum Gasteiger partial charge on any atom is -0.285 e. The predicted molar refractivity (Wildman–Crippen MR) is 52.3 cm³/mol. The van der Waals surface area contributed by atoms with Gasteiger partial charge in [0, 0.05) is 12.3 Å². The van der Waals surface area contributed by atoms with Gasteiger partial charge in [-0.2, -0.15) is 0 Å².